The highest BCUT2D eigenvalue weighted by atomic mass is 32.2. The van der Waals surface area contributed by atoms with Gasteiger partial charge in [-0.3, -0.25) is 14.9 Å². The monoisotopic (exact) mass is 353 g/mol. The number of piperidine rings is 1. The van der Waals surface area contributed by atoms with Crippen molar-refractivity contribution in [3.63, 3.8) is 0 Å². The first kappa shape index (κ1) is 18.5. The van der Waals surface area contributed by atoms with Crippen LogP contribution in [0, 0.1) is 10.1 Å². The number of rotatable bonds is 7. The van der Waals surface area contributed by atoms with Gasteiger partial charge in [0.1, 0.15) is 0 Å². The first-order valence-corrected chi connectivity index (χ1v) is 9.04. The zero-order valence-electron chi connectivity index (χ0n) is 14.0. The fourth-order valence-corrected chi connectivity index (χ4v) is 3.62. The maximum absolute atomic E-state index is 12.3. The minimum absolute atomic E-state index is 0.0475. The van der Waals surface area contributed by atoms with Crippen molar-refractivity contribution in [2.45, 2.75) is 24.6 Å². The zero-order chi connectivity index (χ0) is 17.5. The lowest BCUT2D eigenvalue weighted by molar-refractivity contribution is -0.385. The maximum Gasteiger partial charge on any atom is 0.311 e. The molecule has 1 heterocycles. The van der Waals surface area contributed by atoms with Crippen LogP contribution in [-0.4, -0.2) is 54.8 Å². The first-order valence-electron chi connectivity index (χ1n) is 7.88. The van der Waals surface area contributed by atoms with E-state index < -0.39 is 4.92 Å². The van der Waals surface area contributed by atoms with Gasteiger partial charge in [-0.2, -0.15) is 0 Å². The molecule has 1 amide bonds. The van der Waals surface area contributed by atoms with E-state index in [1.165, 1.54) is 24.9 Å². The third-order valence-electron chi connectivity index (χ3n) is 4.18. The van der Waals surface area contributed by atoms with Crippen molar-refractivity contribution in [1.82, 2.24) is 10.2 Å². The van der Waals surface area contributed by atoms with Gasteiger partial charge in [0.15, 0.2) is 5.75 Å². The molecule has 2 rings (SSSR count). The summed E-state index contributed by atoms with van der Waals surface area (Å²) in [7, 11) is 3.27. The SMILES string of the molecule is COc1ccc(CSCC(=O)N(C)C2CCNCC2)cc1[N+](=O)[O-]. The summed E-state index contributed by atoms with van der Waals surface area (Å²) in [5.74, 6) is 1.28. The predicted molar refractivity (Wildman–Crippen MR) is 94.5 cm³/mol. The Balaban J connectivity index is 1.86. The van der Waals surface area contributed by atoms with Crippen LogP contribution in [0.1, 0.15) is 18.4 Å². The van der Waals surface area contributed by atoms with Crippen molar-refractivity contribution < 1.29 is 14.5 Å². The average molecular weight is 353 g/mol. The molecule has 0 bridgehead atoms. The van der Waals surface area contributed by atoms with E-state index in [0.29, 0.717) is 17.5 Å². The van der Waals surface area contributed by atoms with E-state index in [2.05, 4.69) is 5.32 Å². The summed E-state index contributed by atoms with van der Waals surface area (Å²) in [5, 5.41) is 14.3. The lowest BCUT2D eigenvalue weighted by Crippen LogP contribution is -2.44. The van der Waals surface area contributed by atoms with Crippen LogP contribution in [0.25, 0.3) is 0 Å². The summed E-state index contributed by atoms with van der Waals surface area (Å²) in [6.45, 7) is 1.90. The number of benzene rings is 1. The van der Waals surface area contributed by atoms with Gasteiger partial charge in [0.25, 0.3) is 0 Å². The van der Waals surface area contributed by atoms with E-state index in [4.69, 9.17) is 4.74 Å². The van der Waals surface area contributed by atoms with Crippen molar-refractivity contribution in [2.24, 2.45) is 0 Å². The molecule has 8 heteroatoms. The van der Waals surface area contributed by atoms with Gasteiger partial charge >= 0.3 is 5.69 Å². The highest BCUT2D eigenvalue weighted by molar-refractivity contribution is 7.99. The van der Waals surface area contributed by atoms with E-state index >= 15 is 0 Å². The Morgan fingerprint density at radius 1 is 1.46 bits per heavy atom. The summed E-state index contributed by atoms with van der Waals surface area (Å²) >= 11 is 1.47. The second kappa shape index (κ2) is 8.89. The molecular formula is C16H23N3O4S. The Kier molecular flexibility index (Phi) is 6.86. The molecule has 0 aliphatic carbocycles. The van der Waals surface area contributed by atoms with Crippen LogP contribution >= 0.6 is 11.8 Å². The maximum atomic E-state index is 12.3. The molecule has 1 aromatic carbocycles. The van der Waals surface area contributed by atoms with Crippen molar-refractivity contribution >= 4 is 23.4 Å². The van der Waals surface area contributed by atoms with Gasteiger partial charge in [-0.25, -0.2) is 0 Å². The topological polar surface area (TPSA) is 84.7 Å². The number of carbonyl (C=O) groups excluding carboxylic acids is 1. The van der Waals surface area contributed by atoms with E-state index in [9.17, 15) is 14.9 Å². The standard InChI is InChI=1S/C16H23N3O4S/c1-18(13-5-7-17-8-6-13)16(20)11-24-10-12-3-4-15(23-2)14(9-12)19(21)22/h3-4,9,13,17H,5-8,10-11H2,1-2H3. The fourth-order valence-electron chi connectivity index (χ4n) is 2.72. The Labute approximate surface area is 145 Å². The second-order valence-electron chi connectivity index (χ2n) is 5.74. The number of nitro benzene ring substituents is 1. The summed E-state index contributed by atoms with van der Waals surface area (Å²) in [5.41, 5.74) is 0.763. The molecule has 0 radical (unpaired) electrons. The number of thioether (sulfide) groups is 1. The molecule has 1 aliphatic heterocycles. The second-order valence-corrected chi connectivity index (χ2v) is 6.73. The van der Waals surface area contributed by atoms with Crippen LogP contribution in [-0.2, 0) is 10.5 Å². The fraction of sp³-hybridized carbons (Fsp3) is 0.562. The molecule has 1 fully saturated rings. The number of methoxy groups -OCH3 is 1. The molecule has 132 valence electrons. The highest BCUT2D eigenvalue weighted by Crippen LogP contribution is 2.29. The molecule has 24 heavy (non-hydrogen) atoms. The smallest absolute Gasteiger partial charge is 0.311 e. The molecule has 0 atom stereocenters. The number of carbonyl (C=O) groups is 1. The molecule has 1 aliphatic rings. The van der Waals surface area contributed by atoms with Crippen molar-refractivity contribution in [1.29, 1.82) is 0 Å². The Morgan fingerprint density at radius 2 is 2.17 bits per heavy atom. The number of nitrogens with zero attached hydrogens (tertiary/aromatic N) is 2. The first-order chi connectivity index (χ1) is 11.5. The number of ether oxygens (including phenoxy) is 1. The molecule has 0 spiro atoms. The Hall–Kier alpha value is -1.80. The van der Waals surface area contributed by atoms with Crippen molar-refractivity contribution in [3.05, 3.63) is 33.9 Å². The van der Waals surface area contributed by atoms with Gasteiger partial charge in [0.2, 0.25) is 5.91 Å². The summed E-state index contributed by atoms with van der Waals surface area (Å²) in [6.07, 6.45) is 1.97. The molecule has 1 saturated heterocycles. The van der Waals surface area contributed by atoms with Crippen LogP contribution in [0.15, 0.2) is 18.2 Å². The highest BCUT2D eigenvalue weighted by Gasteiger charge is 2.21. The molecule has 0 unspecified atom stereocenters. The summed E-state index contributed by atoms with van der Waals surface area (Å²) < 4.78 is 4.99. The largest absolute Gasteiger partial charge is 0.490 e. The minimum atomic E-state index is -0.455. The molecule has 0 aromatic heterocycles. The van der Waals surface area contributed by atoms with Gasteiger partial charge in [-0.15, -0.1) is 11.8 Å². The molecule has 0 saturated carbocycles. The van der Waals surface area contributed by atoms with Gasteiger partial charge in [-0.05, 0) is 37.6 Å². The van der Waals surface area contributed by atoms with Crippen molar-refractivity contribution in [3.8, 4) is 5.75 Å². The normalized spacial score (nSPS) is 15.1. The minimum Gasteiger partial charge on any atom is -0.490 e. The Morgan fingerprint density at radius 3 is 2.79 bits per heavy atom. The Bertz CT molecular complexity index is 591. The quantitative estimate of drug-likeness (QED) is 0.596. The van der Waals surface area contributed by atoms with Crippen LogP contribution in [0.3, 0.4) is 0 Å². The van der Waals surface area contributed by atoms with E-state index in [0.717, 1.165) is 31.5 Å². The lowest BCUT2D eigenvalue weighted by Gasteiger charge is -2.31. The number of nitrogens with one attached hydrogen (secondary N) is 1. The van der Waals surface area contributed by atoms with Gasteiger partial charge < -0.3 is 15.0 Å². The van der Waals surface area contributed by atoms with Gasteiger partial charge in [-0.1, -0.05) is 6.07 Å². The number of hydrogen-bond acceptors (Lipinski definition) is 6. The number of nitro groups is 1. The lowest BCUT2D eigenvalue weighted by atomic mass is 10.1. The van der Waals surface area contributed by atoms with E-state index in [-0.39, 0.29) is 17.3 Å². The van der Waals surface area contributed by atoms with Gasteiger partial charge in [0, 0.05) is 24.9 Å². The molecule has 1 N–H and O–H groups in total. The average Bonchev–Trinajstić information content (AvgIpc) is 2.61. The predicted octanol–water partition coefficient (Wildman–Crippen LogP) is 2.05. The third kappa shape index (κ3) is 4.85. The summed E-state index contributed by atoms with van der Waals surface area (Å²) in [4.78, 5) is 24.7. The summed E-state index contributed by atoms with van der Waals surface area (Å²) in [6, 6.07) is 5.20. The van der Waals surface area contributed by atoms with Gasteiger partial charge in [0.05, 0.1) is 17.8 Å². The third-order valence-corrected chi connectivity index (χ3v) is 5.17. The van der Waals surface area contributed by atoms with E-state index in [1.807, 2.05) is 11.9 Å². The molecule has 7 nitrogen and oxygen atoms in total. The molecular weight excluding hydrogens is 330 g/mol. The van der Waals surface area contributed by atoms with Crippen LogP contribution in [0.5, 0.6) is 5.75 Å². The number of amides is 1. The van der Waals surface area contributed by atoms with Crippen LogP contribution in [0.4, 0.5) is 5.69 Å². The number of hydrogen-bond donors (Lipinski definition) is 1. The van der Waals surface area contributed by atoms with Crippen LogP contribution < -0.4 is 10.1 Å². The van der Waals surface area contributed by atoms with Crippen LogP contribution in [0.2, 0.25) is 0 Å². The molecule has 1 aromatic rings. The van der Waals surface area contributed by atoms with Crippen molar-refractivity contribution in [2.75, 3.05) is 33.0 Å². The van der Waals surface area contributed by atoms with E-state index in [1.54, 1.807) is 12.1 Å². The zero-order valence-corrected chi connectivity index (χ0v) is 14.8.